The van der Waals surface area contributed by atoms with Gasteiger partial charge in [0.15, 0.2) is 12.4 Å². The molecule has 2 amide bonds. The highest BCUT2D eigenvalue weighted by Crippen LogP contribution is 2.32. The first-order valence-electron chi connectivity index (χ1n) is 11.7. The number of hydrogen-bond donors (Lipinski definition) is 6. The first-order valence-corrected chi connectivity index (χ1v) is 11.7. The van der Waals surface area contributed by atoms with Crippen LogP contribution in [0.25, 0.3) is 0 Å². The fourth-order valence-corrected chi connectivity index (χ4v) is 4.29. The average molecular weight is 507 g/mol. The zero-order valence-corrected chi connectivity index (χ0v) is 20.6. The van der Waals surface area contributed by atoms with Crippen LogP contribution in [0.15, 0.2) is 0 Å². The van der Waals surface area contributed by atoms with Crippen LogP contribution in [0.2, 0.25) is 0 Å². The van der Waals surface area contributed by atoms with Gasteiger partial charge in [0.1, 0.15) is 42.9 Å². The van der Waals surface area contributed by atoms with Gasteiger partial charge in [-0.3, -0.25) is 9.59 Å². The molecule has 0 bridgehead atoms. The molecule has 2 aliphatic rings. The third-order valence-corrected chi connectivity index (χ3v) is 5.85. The fraction of sp³-hybridized carbons (Fsp3) is 0.864. The normalized spacial score (nSPS) is 37.8. The summed E-state index contributed by atoms with van der Waals surface area (Å²) in [6.07, 6.45) is -12.1. The minimum absolute atomic E-state index is 0.173. The van der Waals surface area contributed by atoms with Gasteiger partial charge in [-0.05, 0) is 19.8 Å². The first kappa shape index (κ1) is 29.5. The zero-order chi connectivity index (χ0) is 26.4. The van der Waals surface area contributed by atoms with E-state index in [1.807, 2.05) is 13.8 Å². The van der Waals surface area contributed by atoms with Gasteiger partial charge < -0.3 is 54.8 Å². The SMILES string of the molecule is CC(=O)NC1C(C(C)C)OC(CO)C(O)C1OC1OC(C(=O)NCC=O)C(OC(C)C)C(O)C1O. The van der Waals surface area contributed by atoms with E-state index in [9.17, 15) is 34.8 Å². The van der Waals surface area contributed by atoms with Crippen molar-refractivity contribution in [1.82, 2.24) is 10.6 Å². The summed E-state index contributed by atoms with van der Waals surface area (Å²) < 4.78 is 23.0. The molecule has 13 nitrogen and oxygen atoms in total. The van der Waals surface area contributed by atoms with Gasteiger partial charge in [0, 0.05) is 6.92 Å². The van der Waals surface area contributed by atoms with Gasteiger partial charge in [-0.25, -0.2) is 0 Å². The van der Waals surface area contributed by atoms with Gasteiger partial charge in [0.05, 0.1) is 31.4 Å². The Bertz CT molecular complexity index is 722. The van der Waals surface area contributed by atoms with Gasteiger partial charge >= 0.3 is 0 Å². The average Bonchev–Trinajstić information content (AvgIpc) is 2.78. The second kappa shape index (κ2) is 13.0. The summed E-state index contributed by atoms with van der Waals surface area (Å²) in [6.45, 7) is 7.39. The topological polar surface area (TPSA) is 193 Å². The minimum Gasteiger partial charge on any atom is -0.394 e. The molecule has 0 aromatic rings. The number of hydrogen-bond acceptors (Lipinski definition) is 11. The lowest BCUT2D eigenvalue weighted by molar-refractivity contribution is -0.331. The summed E-state index contributed by atoms with van der Waals surface area (Å²) in [4.78, 5) is 35.3. The van der Waals surface area contributed by atoms with Crippen molar-refractivity contribution < 1.29 is 53.8 Å². The summed E-state index contributed by atoms with van der Waals surface area (Å²) in [5.74, 6) is -1.39. The number of nitrogens with one attached hydrogen (secondary N) is 2. The van der Waals surface area contributed by atoms with E-state index in [2.05, 4.69) is 10.6 Å². The van der Waals surface area contributed by atoms with Crippen LogP contribution in [-0.4, -0.2) is 119 Å². The number of aliphatic hydroxyl groups is 4. The molecule has 0 aromatic carbocycles. The smallest absolute Gasteiger partial charge is 0.252 e. The quantitative estimate of drug-likeness (QED) is 0.168. The lowest BCUT2D eigenvalue weighted by Gasteiger charge is -2.49. The number of carbonyl (C=O) groups is 3. The van der Waals surface area contributed by atoms with Crippen LogP contribution in [0.1, 0.15) is 34.6 Å². The highest BCUT2D eigenvalue weighted by atomic mass is 16.7. The molecule has 2 aliphatic heterocycles. The van der Waals surface area contributed by atoms with Crippen LogP contribution in [0.4, 0.5) is 0 Å². The molecular formula is C22H38N2O11. The number of rotatable bonds is 10. The van der Waals surface area contributed by atoms with Crippen LogP contribution in [0.5, 0.6) is 0 Å². The highest BCUT2D eigenvalue weighted by molar-refractivity contribution is 5.83. The van der Waals surface area contributed by atoms with Crippen molar-refractivity contribution in [3.05, 3.63) is 0 Å². The molecule has 10 atom stereocenters. The van der Waals surface area contributed by atoms with E-state index in [1.165, 1.54) is 6.92 Å². The van der Waals surface area contributed by atoms with Crippen LogP contribution in [0, 0.1) is 5.92 Å². The molecule has 202 valence electrons. The molecule has 0 aliphatic carbocycles. The molecule has 2 rings (SSSR count). The van der Waals surface area contributed by atoms with Gasteiger partial charge in [0.25, 0.3) is 5.91 Å². The summed E-state index contributed by atoms with van der Waals surface area (Å²) in [6, 6.07) is -0.912. The molecule has 2 fully saturated rings. The summed E-state index contributed by atoms with van der Waals surface area (Å²) in [5, 5.41) is 47.1. The number of aliphatic hydroxyl groups excluding tert-OH is 4. The molecule has 0 radical (unpaired) electrons. The van der Waals surface area contributed by atoms with Crippen LogP contribution < -0.4 is 10.6 Å². The van der Waals surface area contributed by atoms with E-state index in [-0.39, 0.29) is 12.5 Å². The second-order valence-electron chi connectivity index (χ2n) is 9.35. The molecule has 2 saturated heterocycles. The molecule has 13 heteroatoms. The molecule has 2 heterocycles. The lowest BCUT2D eigenvalue weighted by Crippen LogP contribution is -2.69. The summed E-state index contributed by atoms with van der Waals surface area (Å²) >= 11 is 0. The monoisotopic (exact) mass is 506 g/mol. The molecule has 0 spiro atoms. The van der Waals surface area contributed by atoms with Crippen LogP contribution in [-0.2, 0) is 33.3 Å². The summed E-state index contributed by atoms with van der Waals surface area (Å²) in [7, 11) is 0. The van der Waals surface area contributed by atoms with E-state index in [1.54, 1.807) is 13.8 Å². The van der Waals surface area contributed by atoms with E-state index >= 15 is 0 Å². The van der Waals surface area contributed by atoms with E-state index in [4.69, 9.17) is 18.9 Å². The minimum atomic E-state index is -1.70. The van der Waals surface area contributed by atoms with Crippen molar-refractivity contribution in [3.8, 4) is 0 Å². The standard InChI is InChI=1S/C22H38N2O11/c1-9(2)17-13(24-11(5)27)18(14(28)12(8-26)33-17)34-22-16(30)15(29)19(32-10(3)4)20(35-22)21(31)23-6-7-25/h7,9-10,12-20,22,26,28-30H,6,8H2,1-5H3,(H,23,31)(H,24,27). The predicted octanol–water partition coefficient (Wildman–Crippen LogP) is -2.79. The number of carbonyl (C=O) groups excluding carboxylic acids is 3. The third-order valence-electron chi connectivity index (χ3n) is 5.85. The van der Waals surface area contributed by atoms with E-state index < -0.39 is 85.7 Å². The van der Waals surface area contributed by atoms with E-state index in [0.29, 0.717) is 6.29 Å². The largest absolute Gasteiger partial charge is 0.394 e. The number of aldehydes is 1. The predicted molar refractivity (Wildman–Crippen MR) is 119 cm³/mol. The first-order chi connectivity index (χ1) is 16.4. The van der Waals surface area contributed by atoms with Crippen molar-refractivity contribution in [3.63, 3.8) is 0 Å². The number of ether oxygens (including phenoxy) is 4. The highest BCUT2D eigenvalue weighted by Gasteiger charge is 2.53. The Morgan fingerprint density at radius 1 is 1.03 bits per heavy atom. The Kier molecular flexibility index (Phi) is 11.0. The zero-order valence-electron chi connectivity index (χ0n) is 20.6. The Morgan fingerprint density at radius 2 is 1.69 bits per heavy atom. The molecule has 6 N–H and O–H groups in total. The second-order valence-corrected chi connectivity index (χ2v) is 9.35. The van der Waals surface area contributed by atoms with Crippen molar-refractivity contribution >= 4 is 18.1 Å². The van der Waals surface area contributed by atoms with Crippen LogP contribution in [0.3, 0.4) is 0 Å². The van der Waals surface area contributed by atoms with Crippen molar-refractivity contribution in [1.29, 1.82) is 0 Å². The molecule has 35 heavy (non-hydrogen) atoms. The Balaban J connectivity index is 2.37. The van der Waals surface area contributed by atoms with Gasteiger partial charge in [0.2, 0.25) is 5.91 Å². The summed E-state index contributed by atoms with van der Waals surface area (Å²) in [5.41, 5.74) is 0. The fourth-order valence-electron chi connectivity index (χ4n) is 4.29. The maximum absolute atomic E-state index is 12.7. The van der Waals surface area contributed by atoms with Gasteiger partial charge in [-0.1, -0.05) is 13.8 Å². The molecule has 0 saturated carbocycles. The van der Waals surface area contributed by atoms with Gasteiger partial charge in [-0.15, -0.1) is 0 Å². The maximum atomic E-state index is 12.7. The van der Waals surface area contributed by atoms with Crippen molar-refractivity contribution in [2.45, 2.75) is 102 Å². The molecular weight excluding hydrogens is 468 g/mol. The maximum Gasteiger partial charge on any atom is 0.252 e. The van der Waals surface area contributed by atoms with Crippen molar-refractivity contribution in [2.24, 2.45) is 5.92 Å². The number of amides is 2. The van der Waals surface area contributed by atoms with E-state index in [0.717, 1.165) is 0 Å². The van der Waals surface area contributed by atoms with Crippen molar-refractivity contribution in [2.75, 3.05) is 13.2 Å². The molecule has 10 unspecified atom stereocenters. The third kappa shape index (κ3) is 7.17. The Morgan fingerprint density at radius 3 is 2.20 bits per heavy atom. The van der Waals surface area contributed by atoms with Gasteiger partial charge in [-0.2, -0.15) is 0 Å². The lowest BCUT2D eigenvalue weighted by atomic mass is 9.87. The molecule has 0 aromatic heterocycles. The Hall–Kier alpha value is -1.71. The Labute approximate surface area is 204 Å². The van der Waals surface area contributed by atoms with Crippen LogP contribution >= 0.6 is 0 Å².